The van der Waals surface area contributed by atoms with Crippen molar-refractivity contribution in [2.45, 2.75) is 6.54 Å². The molecule has 0 spiro atoms. The van der Waals surface area contributed by atoms with E-state index < -0.39 is 28.4 Å². The molecule has 2 amide bonds. The van der Waals surface area contributed by atoms with Crippen molar-refractivity contribution < 1.29 is 27.2 Å². The quantitative estimate of drug-likeness (QED) is 0.321. The maximum Gasteiger partial charge on any atom is 0.253 e. The van der Waals surface area contributed by atoms with Gasteiger partial charge in [0, 0.05) is 0 Å². The van der Waals surface area contributed by atoms with Gasteiger partial charge in [-0.3, -0.25) is 13.9 Å². The first-order chi connectivity index (χ1) is 17.8. The van der Waals surface area contributed by atoms with Crippen LogP contribution in [0.5, 0.6) is 11.5 Å². The molecule has 0 aliphatic heterocycles. The molecule has 190 valence electrons. The first-order valence-corrected chi connectivity index (χ1v) is 13.2. The van der Waals surface area contributed by atoms with E-state index in [0.29, 0.717) is 11.5 Å². The van der Waals surface area contributed by atoms with Crippen LogP contribution in [0.3, 0.4) is 0 Å². The van der Waals surface area contributed by atoms with Crippen LogP contribution in [0.15, 0.2) is 102 Å². The number of benzene rings is 3. The van der Waals surface area contributed by atoms with Crippen LogP contribution < -0.4 is 19.7 Å². The Morgan fingerprint density at radius 3 is 2.32 bits per heavy atom. The number of hydrogen-bond donors (Lipinski definition) is 2. The van der Waals surface area contributed by atoms with Gasteiger partial charge in [-0.2, -0.15) is 0 Å². The summed E-state index contributed by atoms with van der Waals surface area (Å²) in [5.74, 6) is 0.308. The molecule has 4 aromatic rings. The summed E-state index contributed by atoms with van der Waals surface area (Å²) in [6.07, 6.45) is 2.52. The third-order valence-corrected chi connectivity index (χ3v) is 6.37. The van der Waals surface area contributed by atoms with E-state index >= 15 is 0 Å². The largest absolute Gasteiger partial charge is 0.467 e. The lowest BCUT2D eigenvalue weighted by atomic mass is 10.1. The molecule has 9 nitrogen and oxygen atoms in total. The summed E-state index contributed by atoms with van der Waals surface area (Å²) >= 11 is 0. The lowest BCUT2D eigenvalue weighted by molar-refractivity contribution is -0.114. The number of ether oxygens (including phenoxy) is 1. The predicted molar refractivity (Wildman–Crippen MR) is 140 cm³/mol. The second kappa shape index (κ2) is 11.4. The summed E-state index contributed by atoms with van der Waals surface area (Å²) < 4.78 is 37.5. The van der Waals surface area contributed by atoms with Crippen LogP contribution in [0.2, 0.25) is 0 Å². The van der Waals surface area contributed by atoms with Gasteiger partial charge in [0.05, 0.1) is 36.0 Å². The first kappa shape index (κ1) is 25.5. The standard InChI is InChI=1S/C27H25N3O6S/c1-37(33,34)30(24-15-7-8-16-25(24)36-20-10-3-2-4-11-20)19-26(31)29-23-14-6-5-13-22(23)27(32)28-18-21-12-9-17-35-21/h2-17H,18-19H2,1H3,(H,28,32)(H,29,31). The highest BCUT2D eigenvalue weighted by molar-refractivity contribution is 7.92. The van der Waals surface area contributed by atoms with Crippen molar-refractivity contribution in [2.75, 3.05) is 22.4 Å². The summed E-state index contributed by atoms with van der Waals surface area (Å²) in [4.78, 5) is 25.8. The van der Waals surface area contributed by atoms with Crippen LogP contribution in [-0.4, -0.2) is 33.0 Å². The van der Waals surface area contributed by atoms with Crippen molar-refractivity contribution in [3.05, 3.63) is 109 Å². The Morgan fingerprint density at radius 1 is 0.892 bits per heavy atom. The van der Waals surface area contributed by atoms with Crippen LogP contribution in [0.25, 0.3) is 0 Å². The van der Waals surface area contributed by atoms with Crippen molar-refractivity contribution in [1.82, 2.24) is 5.32 Å². The molecule has 0 radical (unpaired) electrons. The monoisotopic (exact) mass is 519 g/mol. The van der Waals surface area contributed by atoms with E-state index in [2.05, 4.69) is 10.6 Å². The van der Waals surface area contributed by atoms with Gasteiger partial charge < -0.3 is 19.8 Å². The number of nitrogens with zero attached hydrogens (tertiary/aromatic N) is 1. The Labute approximate surface area is 214 Å². The van der Waals surface area contributed by atoms with E-state index in [1.54, 1.807) is 84.9 Å². The molecule has 10 heteroatoms. The van der Waals surface area contributed by atoms with Crippen LogP contribution in [0.1, 0.15) is 16.1 Å². The molecule has 2 N–H and O–H groups in total. The molecule has 0 atom stereocenters. The zero-order valence-corrected chi connectivity index (χ0v) is 20.8. The Hall–Kier alpha value is -4.57. The molecular formula is C27H25N3O6S. The number of sulfonamides is 1. The molecule has 0 saturated heterocycles. The molecule has 0 aliphatic rings. The molecule has 0 aliphatic carbocycles. The van der Waals surface area contributed by atoms with Gasteiger partial charge in [0.15, 0.2) is 5.75 Å². The van der Waals surface area contributed by atoms with Gasteiger partial charge in [-0.25, -0.2) is 8.42 Å². The number of carbonyl (C=O) groups is 2. The Kier molecular flexibility index (Phi) is 7.89. The Balaban J connectivity index is 1.52. The summed E-state index contributed by atoms with van der Waals surface area (Å²) in [5.41, 5.74) is 0.668. The number of amides is 2. The number of rotatable bonds is 10. The molecule has 0 bridgehead atoms. The number of anilines is 2. The molecule has 0 saturated carbocycles. The van der Waals surface area contributed by atoms with E-state index in [-0.39, 0.29) is 29.2 Å². The zero-order valence-electron chi connectivity index (χ0n) is 20.0. The molecule has 37 heavy (non-hydrogen) atoms. The van der Waals surface area contributed by atoms with Crippen molar-refractivity contribution in [3.8, 4) is 11.5 Å². The highest BCUT2D eigenvalue weighted by atomic mass is 32.2. The Bertz CT molecular complexity index is 1470. The van der Waals surface area contributed by atoms with Gasteiger partial charge in [-0.1, -0.05) is 42.5 Å². The maximum atomic E-state index is 13.0. The lowest BCUT2D eigenvalue weighted by Crippen LogP contribution is -2.38. The predicted octanol–water partition coefficient (Wildman–Crippen LogP) is 4.41. The molecular weight excluding hydrogens is 494 g/mol. The topological polar surface area (TPSA) is 118 Å². The van der Waals surface area contributed by atoms with Crippen LogP contribution in [0.4, 0.5) is 11.4 Å². The van der Waals surface area contributed by atoms with E-state index in [4.69, 9.17) is 9.15 Å². The van der Waals surface area contributed by atoms with Gasteiger partial charge in [-0.15, -0.1) is 0 Å². The summed E-state index contributed by atoms with van der Waals surface area (Å²) in [5, 5.41) is 5.39. The van der Waals surface area contributed by atoms with Gasteiger partial charge in [0.1, 0.15) is 18.1 Å². The fraction of sp³-hybridized carbons (Fsp3) is 0.111. The molecule has 1 heterocycles. The fourth-order valence-electron chi connectivity index (χ4n) is 3.53. The molecule has 1 aromatic heterocycles. The van der Waals surface area contributed by atoms with Gasteiger partial charge >= 0.3 is 0 Å². The van der Waals surface area contributed by atoms with Gasteiger partial charge in [-0.05, 0) is 48.5 Å². The van der Waals surface area contributed by atoms with Crippen LogP contribution >= 0.6 is 0 Å². The minimum Gasteiger partial charge on any atom is -0.467 e. The van der Waals surface area contributed by atoms with Crippen molar-refractivity contribution in [2.24, 2.45) is 0 Å². The first-order valence-electron chi connectivity index (χ1n) is 11.3. The average Bonchev–Trinajstić information content (AvgIpc) is 3.40. The van der Waals surface area contributed by atoms with Crippen molar-refractivity contribution in [3.63, 3.8) is 0 Å². The smallest absolute Gasteiger partial charge is 0.253 e. The molecule has 0 unspecified atom stereocenters. The number of para-hydroxylation sites is 4. The second-order valence-corrected chi connectivity index (χ2v) is 9.92. The van der Waals surface area contributed by atoms with Crippen LogP contribution in [-0.2, 0) is 21.4 Å². The second-order valence-electron chi connectivity index (χ2n) is 8.01. The Morgan fingerprint density at radius 2 is 1.59 bits per heavy atom. The average molecular weight is 520 g/mol. The van der Waals surface area contributed by atoms with E-state index in [9.17, 15) is 18.0 Å². The number of hydrogen-bond acceptors (Lipinski definition) is 6. The zero-order chi connectivity index (χ0) is 26.3. The minimum atomic E-state index is -3.88. The number of furan rings is 1. The molecule has 3 aromatic carbocycles. The van der Waals surface area contributed by atoms with Gasteiger partial charge in [0.2, 0.25) is 15.9 Å². The van der Waals surface area contributed by atoms with Crippen molar-refractivity contribution in [1.29, 1.82) is 0 Å². The third-order valence-electron chi connectivity index (χ3n) is 5.24. The van der Waals surface area contributed by atoms with E-state index in [0.717, 1.165) is 10.6 Å². The highest BCUT2D eigenvalue weighted by Gasteiger charge is 2.25. The fourth-order valence-corrected chi connectivity index (χ4v) is 4.39. The van der Waals surface area contributed by atoms with Crippen molar-refractivity contribution >= 4 is 33.2 Å². The summed E-state index contributed by atoms with van der Waals surface area (Å²) in [7, 11) is -3.88. The van der Waals surface area contributed by atoms with E-state index in [1.165, 1.54) is 6.26 Å². The SMILES string of the molecule is CS(=O)(=O)N(CC(=O)Nc1ccccc1C(=O)NCc1ccco1)c1ccccc1Oc1ccccc1. The normalized spacial score (nSPS) is 10.9. The molecule has 4 rings (SSSR count). The number of nitrogens with one attached hydrogen (secondary N) is 2. The summed E-state index contributed by atoms with van der Waals surface area (Å²) in [6, 6.07) is 25.3. The van der Waals surface area contributed by atoms with E-state index in [1.807, 2.05) is 6.07 Å². The summed E-state index contributed by atoms with van der Waals surface area (Å²) in [6.45, 7) is -0.357. The number of carbonyl (C=O) groups excluding carboxylic acids is 2. The lowest BCUT2D eigenvalue weighted by Gasteiger charge is -2.24. The highest BCUT2D eigenvalue weighted by Crippen LogP contribution is 2.33. The van der Waals surface area contributed by atoms with Crippen LogP contribution in [0, 0.1) is 0 Å². The minimum absolute atomic E-state index is 0.175. The maximum absolute atomic E-state index is 13.0. The van der Waals surface area contributed by atoms with Gasteiger partial charge in [0.25, 0.3) is 5.91 Å². The molecule has 0 fully saturated rings. The third kappa shape index (κ3) is 6.77.